The van der Waals surface area contributed by atoms with Gasteiger partial charge in [-0.25, -0.2) is 23.1 Å². The van der Waals surface area contributed by atoms with E-state index in [-0.39, 0.29) is 29.6 Å². The number of hydrogen-bond acceptors (Lipinski definition) is 9. The average Bonchev–Trinajstić information content (AvgIpc) is 3.89. The molecule has 0 unspecified atom stereocenters. The van der Waals surface area contributed by atoms with Gasteiger partial charge in [-0.3, -0.25) is 28.1 Å². The Kier molecular flexibility index (Phi) is 12.4. The van der Waals surface area contributed by atoms with Crippen molar-refractivity contribution in [3.05, 3.63) is 140 Å². The highest BCUT2D eigenvalue weighted by Crippen LogP contribution is 2.44. The standard InChI is InChI=1S/C36H32F2N8O3.C7H14O.C6H8N2O2/c1-21-14-25(15-22(2)33(21)38)46-34(26-20-42(9-8-29(26)41-46)35(47)30-16-23-6-4-5-7-28(23)40-30)44-11-10-43(36(44)48)32-17-24-19-39-45(12-13-49-3)31(24)18-27(32)37;1-7(2)5-3-4-6-8-7;1-3-2-4(3)5-7-6(9)10-8-5/h4-7,10-11,14-19,40H,8-9,12-13,20H2,1-3H3;3-6H2,1-2H3;3-4H,2H2,1H3,(H,7,8,9)/t;;3-,4+/m..0/s1. The quantitative estimate of drug-likeness (QED) is 0.154. The molecule has 2 aliphatic heterocycles. The molecule has 1 saturated carbocycles. The van der Waals surface area contributed by atoms with Crippen LogP contribution in [0.1, 0.15) is 91.1 Å². The first-order valence-electron chi connectivity index (χ1n) is 22.6. The van der Waals surface area contributed by atoms with Crippen molar-refractivity contribution < 1.29 is 27.6 Å². The normalized spacial score (nSPS) is 17.5. The van der Waals surface area contributed by atoms with Crippen molar-refractivity contribution in [1.29, 1.82) is 0 Å². The Morgan fingerprint density at radius 2 is 1.75 bits per heavy atom. The van der Waals surface area contributed by atoms with Crippen LogP contribution < -0.4 is 11.4 Å². The summed E-state index contributed by atoms with van der Waals surface area (Å²) in [5, 5.41) is 14.4. The Balaban J connectivity index is 0.000000258. The molecular formula is C49H54F2N10O6. The molecule has 2 fully saturated rings. The molecule has 3 aromatic carbocycles. The van der Waals surface area contributed by atoms with Gasteiger partial charge in [0, 0.05) is 72.9 Å². The van der Waals surface area contributed by atoms with Gasteiger partial charge in [0.1, 0.15) is 23.1 Å². The van der Waals surface area contributed by atoms with E-state index >= 15 is 4.39 Å². The first-order chi connectivity index (χ1) is 32.2. The number of aromatic amines is 2. The molecule has 1 amide bonds. The van der Waals surface area contributed by atoms with Crippen molar-refractivity contribution in [3.8, 4) is 17.2 Å². The number of methoxy groups -OCH3 is 1. The van der Waals surface area contributed by atoms with Gasteiger partial charge >= 0.3 is 11.4 Å². The number of carbonyl (C=O) groups excluding carboxylic acids is 1. The number of ether oxygens (including phenoxy) is 2. The lowest BCUT2D eigenvalue weighted by Crippen LogP contribution is -2.36. The van der Waals surface area contributed by atoms with Gasteiger partial charge in [-0.1, -0.05) is 30.3 Å². The number of amides is 1. The van der Waals surface area contributed by atoms with Gasteiger partial charge in [-0.2, -0.15) is 10.2 Å². The lowest BCUT2D eigenvalue weighted by Gasteiger charge is -2.29. The second-order valence-corrected chi connectivity index (χ2v) is 18.2. The van der Waals surface area contributed by atoms with Crippen LogP contribution in [0.25, 0.3) is 39.0 Å². The predicted molar refractivity (Wildman–Crippen MR) is 247 cm³/mol. The maximum Gasteiger partial charge on any atom is 0.438 e. The largest absolute Gasteiger partial charge is 0.438 e. The van der Waals surface area contributed by atoms with Crippen LogP contribution in [-0.2, 0) is 29.0 Å². The molecule has 18 heteroatoms. The molecule has 0 spiro atoms. The molecule has 0 radical (unpaired) electrons. The molecule has 1 aliphatic carbocycles. The van der Waals surface area contributed by atoms with Crippen molar-refractivity contribution in [2.24, 2.45) is 5.92 Å². The summed E-state index contributed by atoms with van der Waals surface area (Å²) in [5.41, 5.74) is 4.41. The fourth-order valence-corrected chi connectivity index (χ4v) is 8.89. The maximum atomic E-state index is 15.7. The highest BCUT2D eigenvalue weighted by atomic mass is 19.1. The van der Waals surface area contributed by atoms with E-state index in [4.69, 9.17) is 14.6 Å². The van der Waals surface area contributed by atoms with E-state index in [0.29, 0.717) is 94.3 Å². The Morgan fingerprint density at radius 3 is 2.40 bits per heavy atom. The lowest BCUT2D eigenvalue weighted by atomic mass is 9.99. The number of H-pyrrole nitrogens is 2. The van der Waals surface area contributed by atoms with Crippen LogP contribution in [0.5, 0.6) is 0 Å². The fraction of sp³-hybridized carbons (Fsp3) is 0.388. The third kappa shape index (κ3) is 9.27. The van der Waals surface area contributed by atoms with Crippen LogP contribution >= 0.6 is 0 Å². The number of hydrogen-bond donors (Lipinski definition) is 2. The number of benzene rings is 3. The minimum atomic E-state index is -0.595. The SMILES string of the molecule is CC1(C)CCCCO1.COCCn1ncc2cc(-n3ccn(-c4c5c(nn4-c4cc(C)c(F)c(C)c4)CCN(C(=O)c4cc6ccccc6[nH]4)C5)c3=O)c(F)cc21.C[C@H]1C[C@H]1c1noc(=O)[nH]1. The Labute approximate surface area is 384 Å². The van der Waals surface area contributed by atoms with Crippen LogP contribution in [0.2, 0.25) is 0 Å². The summed E-state index contributed by atoms with van der Waals surface area (Å²) in [7, 11) is 1.59. The third-order valence-electron chi connectivity index (χ3n) is 12.8. The van der Waals surface area contributed by atoms with E-state index in [9.17, 15) is 18.8 Å². The van der Waals surface area contributed by atoms with Gasteiger partial charge in [0.15, 0.2) is 5.82 Å². The molecule has 2 N–H and O–H groups in total. The summed E-state index contributed by atoms with van der Waals surface area (Å²) in [4.78, 5) is 45.9. The second kappa shape index (κ2) is 18.4. The summed E-state index contributed by atoms with van der Waals surface area (Å²) >= 11 is 0. The van der Waals surface area contributed by atoms with E-state index in [2.05, 4.69) is 45.5 Å². The zero-order valence-electron chi connectivity index (χ0n) is 38.4. The molecule has 11 rings (SSSR count). The van der Waals surface area contributed by atoms with E-state index < -0.39 is 17.3 Å². The van der Waals surface area contributed by atoms with E-state index in [0.717, 1.165) is 23.9 Å². The van der Waals surface area contributed by atoms with Crippen LogP contribution in [0.15, 0.2) is 87.3 Å². The molecule has 5 aromatic heterocycles. The first-order valence-corrected chi connectivity index (χ1v) is 22.6. The molecule has 1 saturated heterocycles. The van der Waals surface area contributed by atoms with E-state index in [1.165, 1.54) is 40.7 Å². The highest BCUT2D eigenvalue weighted by molar-refractivity contribution is 5.98. The minimum absolute atomic E-state index is 0.0616. The molecular weight excluding hydrogens is 863 g/mol. The van der Waals surface area contributed by atoms with Gasteiger partial charge in [0.05, 0.1) is 54.1 Å². The summed E-state index contributed by atoms with van der Waals surface area (Å²) < 4.78 is 51.3. The number of nitrogens with one attached hydrogen (secondary N) is 2. The molecule has 16 nitrogen and oxygen atoms in total. The number of aromatic nitrogens is 9. The van der Waals surface area contributed by atoms with Gasteiger partial charge in [-0.05, 0) is 101 Å². The Morgan fingerprint density at radius 1 is 0.985 bits per heavy atom. The maximum absolute atomic E-state index is 15.7. The molecule has 2 atom stereocenters. The Bertz CT molecular complexity index is 3160. The minimum Gasteiger partial charge on any atom is -0.383 e. The third-order valence-corrected chi connectivity index (χ3v) is 12.8. The summed E-state index contributed by atoms with van der Waals surface area (Å²) in [6.45, 7) is 12.2. The number of halogens is 2. The summed E-state index contributed by atoms with van der Waals surface area (Å²) in [6, 6.07) is 15.8. The molecule has 8 aromatic rings. The number of aryl methyl sites for hydroxylation is 2. The number of imidazole rings is 1. The zero-order valence-corrected chi connectivity index (χ0v) is 38.4. The molecule has 3 aliphatic rings. The second-order valence-electron chi connectivity index (χ2n) is 18.2. The number of para-hydroxylation sites is 1. The first kappa shape index (κ1) is 45.2. The monoisotopic (exact) mass is 916 g/mol. The number of rotatable bonds is 8. The van der Waals surface area contributed by atoms with Crippen molar-refractivity contribution in [2.45, 2.75) is 91.3 Å². The molecule has 7 heterocycles. The van der Waals surface area contributed by atoms with Crippen molar-refractivity contribution in [3.63, 3.8) is 0 Å². The summed E-state index contributed by atoms with van der Waals surface area (Å²) in [5.74, 6) is 0.644. The van der Waals surface area contributed by atoms with Gasteiger partial charge < -0.3 is 19.4 Å². The zero-order chi connectivity index (χ0) is 47.1. The van der Waals surface area contributed by atoms with Crippen molar-refractivity contribution >= 4 is 27.7 Å². The molecule has 0 bridgehead atoms. The average molecular weight is 917 g/mol. The van der Waals surface area contributed by atoms with Gasteiger partial charge in [-0.15, -0.1) is 0 Å². The molecule has 67 heavy (non-hydrogen) atoms. The van der Waals surface area contributed by atoms with Crippen molar-refractivity contribution in [1.82, 2.24) is 48.7 Å². The molecule has 350 valence electrons. The smallest absolute Gasteiger partial charge is 0.383 e. The summed E-state index contributed by atoms with van der Waals surface area (Å²) in [6.07, 6.45) is 10.1. The van der Waals surface area contributed by atoms with Crippen molar-refractivity contribution in [2.75, 3.05) is 26.9 Å². The van der Waals surface area contributed by atoms with Crippen LogP contribution in [0.4, 0.5) is 8.78 Å². The predicted octanol–water partition coefficient (Wildman–Crippen LogP) is 7.84. The van der Waals surface area contributed by atoms with Crippen LogP contribution in [-0.4, -0.2) is 87.1 Å². The van der Waals surface area contributed by atoms with Gasteiger partial charge in [0.25, 0.3) is 5.91 Å². The highest BCUT2D eigenvalue weighted by Gasteiger charge is 2.37. The number of nitrogens with zero attached hydrogens (tertiary/aromatic N) is 8. The Hall–Kier alpha value is -6.92. The van der Waals surface area contributed by atoms with Crippen LogP contribution in [0.3, 0.4) is 0 Å². The lowest BCUT2D eigenvalue weighted by molar-refractivity contribution is -0.0511. The van der Waals surface area contributed by atoms with Gasteiger partial charge in [0.2, 0.25) is 0 Å². The fourth-order valence-electron chi connectivity index (χ4n) is 8.89. The van der Waals surface area contributed by atoms with E-state index in [1.54, 1.807) is 65.8 Å². The number of fused-ring (bicyclic) bond motifs is 3. The van der Waals surface area contributed by atoms with Crippen LogP contribution in [0, 0.1) is 31.4 Å². The topological polar surface area (TPSA) is 176 Å². The number of carbonyl (C=O) groups is 1. The van der Waals surface area contributed by atoms with E-state index in [1.807, 2.05) is 30.3 Å².